The van der Waals surface area contributed by atoms with Crippen LogP contribution in [0.2, 0.25) is 0 Å². The molecule has 1 fully saturated rings. The molecule has 4 rings (SSSR count). The van der Waals surface area contributed by atoms with E-state index in [1.807, 2.05) is 6.07 Å². The third kappa shape index (κ3) is 2.83. The molecule has 0 aliphatic carbocycles. The maximum atomic E-state index is 14.0. The number of hydrogen-bond acceptors (Lipinski definition) is 5. The molecule has 7 heteroatoms. The molecular formula is C18H21FN6. The number of halogens is 1. The van der Waals surface area contributed by atoms with Crippen LogP contribution in [-0.2, 0) is 6.54 Å². The van der Waals surface area contributed by atoms with E-state index in [4.69, 9.17) is 0 Å². The van der Waals surface area contributed by atoms with E-state index in [-0.39, 0.29) is 5.82 Å². The van der Waals surface area contributed by atoms with Crippen LogP contribution in [0.5, 0.6) is 0 Å². The summed E-state index contributed by atoms with van der Waals surface area (Å²) in [6.07, 6.45) is 5.05. The molecule has 3 heterocycles. The molecule has 0 radical (unpaired) electrons. The van der Waals surface area contributed by atoms with Crippen LogP contribution in [0.4, 0.5) is 10.2 Å². The molecule has 2 aromatic heterocycles. The molecule has 0 saturated carbocycles. The molecular weight excluding hydrogens is 319 g/mol. The fraction of sp³-hybridized carbons (Fsp3) is 0.444. The zero-order valence-corrected chi connectivity index (χ0v) is 14.4. The van der Waals surface area contributed by atoms with E-state index >= 15 is 0 Å². The average molecular weight is 340 g/mol. The predicted molar refractivity (Wildman–Crippen MR) is 93.9 cm³/mol. The summed E-state index contributed by atoms with van der Waals surface area (Å²) < 4.78 is 15.6. The van der Waals surface area contributed by atoms with Crippen molar-refractivity contribution >= 4 is 17.0 Å². The van der Waals surface area contributed by atoms with Gasteiger partial charge in [-0.1, -0.05) is 23.4 Å². The lowest BCUT2D eigenvalue weighted by atomic mass is 9.97. The van der Waals surface area contributed by atoms with Gasteiger partial charge < -0.3 is 4.90 Å². The highest BCUT2D eigenvalue weighted by Crippen LogP contribution is 2.31. The number of rotatable bonds is 3. The number of hydrogen-bond donors (Lipinski definition) is 0. The van der Waals surface area contributed by atoms with Gasteiger partial charge in [0.2, 0.25) is 0 Å². The first-order valence-electron chi connectivity index (χ1n) is 8.71. The van der Waals surface area contributed by atoms with Crippen molar-refractivity contribution in [2.75, 3.05) is 4.90 Å². The number of benzene rings is 1. The van der Waals surface area contributed by atoms with Gasteiger partial charge >= 0.3 is 0 Å². The van der Waals surface area contributed by atoms with Gasteiger partial charge in [-0.2, -0.15) is 0 Å². The Morgan fingerprint density at radius 1 is 1.12 bits per heavy atom. The number of fused-ring (bicyclic) bond motifs is 1. The van der Waals surface area contributed by atoms with E-state index in [0.29, 0.717) is 35.4 Å². The molecule has 1 aliphatic heterocycles. The van der Waals surface area contributed by atoms with Gasteiger partial charge in [-0.15, -0.1) is 5.10 Å². The summed E-state index contributed by atoms with van der Waals surface area (Å²) in [4.78, 5) is 11.2. The average Bonchev–Trinajstić information content (AvgIpc) is 3.01. The number of aromatic nitrogens is 5. The maximum absolute atomic E-state index is 14.0. The molecule has 0 amide bonds. The van der Waals surface area contributed by atoms with Crippen molar-refractivity contribution < 1.29 is 4.39 Å². The third-order valence-corrected chi connectivity index (χ3v) is 5.00. The first kappa shape index (κ1) is 15.9. The largest absolute Gasteiger partial charge is 0.349 e. The minimum atomic E-state index is -0.251. The van der Waals surface area contributed by atoms with Crippen LogP contribution in [0.25, 0.3) is 11.2 Å². The second kappa shape index (κ2) is 6.38. The quantitative estimate of drug-likeness (QED) is 0.733. The summed E-state index contributed by atoms with van der Waals surface area (Å²) in [5, 5.41) is 8.52. The van der Waals surface area contributed by atoms with Crippen molar-refractivity contribution in [3.8, 4) is 0 Å². The highest BCUT2D eigenvalue weighted by atomic mass is 19.1. The van der Waals surface area contributed by atoms with Crippen molar-refractivity contribution in [2.24, 2.45) is 0 Å². The summed E-state index contributed by atoms with van der Waals surface area (Å²) in [6, 6.07) is 7.50. The lowest BCUT2D eigenvalue weighted by Gasteiger charge is -2.39. The van der Waals surface area contributed by atoms with Crippen LogP contribution in [0.1, 0.15) is 38.7 Å². The maximum Gasteiger partial charge on any atom is 0.184 e. The van der Waals surface area contributed by atoms with Crippen LogP contribution in [0, 0.1) is 5.82 Å². The zero-order valence-electron chi connectivity index (χ0n) is 14.4. The molecule has 0 spiro atoms. The normalized spacial score (nSPS) is 21.0. The fourth-order valence-electron chi connectivity index (χ4n) is 3.70. The molecule has 0 bridgehead atoms. The zero-order chi connectivity index (χ0) is 17.4. The number of piperidine rings is 1. The Balaban J connectivity index is 1.74. The second-order valence-electron chi connectivity index (χ2n) is 6.74. The summed E-state index contributed by atoms with van der Waals surface area (Å²) in [7, 11) is 0. The molecule has 1 aromatic carbocycles. The van der Waals surface area contributed by atoms with Crippen molar-refractivity contribution in [3.63, 3.8) is 0 Å². The summed E-state index contributed by atoms with van der Waals surface area (Å²) in [6.45, 7) is 4.73. The Labute approximate surface area is 145 Å². The third-order valence-electron chi connectivity index (χ3n) is 5.00. The Kier molecular flexibility index (Phi) is 4.07. The monoisotopic (exact) mass is 340 g/mol. The van der Waals surface area contributed by atoms with Crippen molar-refractivity contribution in [1.82, 2.24) is 25.0 Å². The van der Waals surface area contributed by atoms with Gasteiger partial charge in [0.1, 0.15) is 12.1 Å². The van der Waals surface area contributed by atoms with Crippen LogP contribution in [-0.4, -0.2) is 37.0 Å². The summed E-state index contributed by atoms with van der Waals surface area (Å²) in [5.41, 5.74) is 1.88. The van der Waals surface area contributed by atoms with Crippen molar-refractivity contribution in [1.29, 1.82) is 0 Å². The topological polar surface area (TPSA) is 59.7 Å². The highest BCUT2D eigenvalue weighted by Gasteiger charge is 2.28. The van der Waals surface area contributed by atoms with Gasteiger partial charge in [-0.05, 0) is 39.2 Å². The predicted octanol–water partition coefficient (Wildman–Crippen LogP) is 3.18. The molecule has 25 heavy (non-hydrogen) atoms. The van der Waals surface area contributed by atoms with Crippen molar-refractivity contribution in [2.45, 2.75) is 51.7 Å². The van der Waals surface area contributed by atoms with Crippen LogP contribution in [0.15, 0.2) is 30.6 Å². The first-order valence-corrected chi connectivity index (χ1v) is 8.71. The van der Waals surface area contributed by atoms with Gasteiger partial charge in [-0.3, -0.25) is 0 Å². The van der Waals surface area contributed by atoms with E-state index < -0.39 is 0 Å². The van der Waals surface area contributed by atoms with Crippen LogP contribution < -0.4 is 4.90 Å². The van der Waals surface area contributed by atoms with E-state index in [1.165, 1.54) is 12.5 Å². The smallest absolute Gasteiger partial charge is 0.184 e. The minimum Gasteiger partial charge on any atom is -0.349 e. The highest BCUT2D eigenvalue weighted by molar-refractivity contribution is 5.83. The van der Waals surface area contributed by atoms with Gasteiger partial charge in [0, 0.05) is 17.6 Å². The fourth-order valence-corrected chi connectivity index (χ4v) is 3.70. The minimum absolute atomic E-state index is 0.251. The van der Waals surface area contributed by atoms with Gasteiger partial charge in [0.15, 0.2) is 17.0 Å². The Morgan fingerprint density at radius 2 is 1.88 bits per heavy atom. The van der Waals surface area contributed by atoms with E-state index in [9.17, 15) is 4.39 Å². The van der Waals surface area contributed by atoms with Gasteiger partial charge in [-0.25, -0.2) is 19.0 Å². The molecule has 3 aromatic rings. The lowest BCUT2D eigenvalue weighted by molar-refractivity contribution is 0.412. The molecule has 0 N–H and O–H groups in total. The second-order valence-corrected chi connectivity index (χ2v) is 6.74. The SMILES string of the molecule is C[C@@H]1CCC[C@@H](C)N1c1ncnc2c1nnn2Cc1ccccc1F. The summed E-state index contributed by atoms with van der Waals surface area (Å²) >= 11 is 0. The Morgan fingerprint density at radius 3 is 2.64 bits per heavy atom. The van der Waals surface area contributed by atoms with Crippen LogP contribution in [0.3, 0.4) is 0 Å². The lowest BCUT2D eigenvalue weighted by Crippen LogP contribution is -2.44. The van der Waals surface area contributed by atoms with Gasteiger partial charge in [0.25, 0.3) is 0 Å². The Hall–Kier alpha value is -2.57. The standard InChI is InChI=1S/C18H21FN6/c1-12-6-5-7-13(2)25(12)18-16-17(20-11-21-18)24(23-22-16)10-14-8-3-4-9-15(14)19/h3-4,8-9,11-13H,5-7,10H2,1-2H3/t12-,13-/m1/s1. The van der Waals surface area contributed by atoms with Crippen LogP contribution >= 0.6 is 0 Å². The van der Waals surface area contributed by atoms with E-state index in [2.05, 4.69) is 39.0 Å². The summed E-state index contributed by atoms with van der Waals surface area (Å²) in [5.74, 6) is 0.572. The molecule has 1 saturated heterocycles. The molecule has 130 valence electrons. The number of nitrogens with zero attached hydrogens (tertiary/aromatic N) is 6. The molecule has 2 atom stereocenters. The van der Waals surface area contributed by atoms with E-state index in [0.717, 1.165) is 18.7 Å². The Bertz CT molecular complexity index is 882. The number of anilines is 1. The van der Waals surface area contributed by atoms with Gasteiger partial charge in [0.05, 0.1) is 6.54 Å². The first-order chi connectivity index (χ1) is 12.1. The molecule has 1 aliphatic rings. The van der Waals surface area contributed by atoms with E-state index in [1.54, 1.807) is 23.1 Å². The van der Waals surface area contributed by atoms with Crippen molar-refractivity contribution in [3.05, 3.63) is 42.0 Å². The molecule has 0 unspecified atom stereocenters. The molecule has 6 nitrogen and oxygen atoms in total.